The Morgan fingerprint density at radius 2 is 0.947 bits per heavy atom. The van der Waals surface area contributed by atoms with E-state index < -0.39 is 0 Å². The second-order valence-electron chi connectivity index (χ2n) is 7.54. The first-order valence-electron chi connectivity index (χ1n) is 8.54. The maximum atomic E-state index is 4.42. The number of rotatable bonds is 0. The van der Waals surface area contributed by atoms with Crippen LogP contribution in [0, 0.1) is 10.8 Å². The SMILES string of the molecule is C=C1CCCCC(=C)C2(CCCCCC13CC3)CC2. The van der Waals surface area contributed by atoms with E-state index in [-0.39, 0.29) is 0 Å². The first-order chi connectivity index (χ1) is 9.17. The van der Waals surface area contributed by atoms with Crippen LogP contribution in [0.2, 0.25) is 0 Å². The zero-order valence-electron chi connectivity index (χ0n) is 12.6. The molecular weight excluding hydrogens is 228 g/mol. The van der Waals surface area contributed by atoms with Crippen LogP contribution in [-0.4, -0.2) is 0 Å². The van der Waals surface area contributed by atoms with Crippen LogP contribution in [0.1, 0.15) is 83.5 Å². The normalized spacial score (nSPS) is 30.5. The van der Waals surface area contributed by atoms with E-state index in [1.807, 2.05) is 0 Å². The zero-order valence-corrected chi connectivity index (χ0v) is 12.6. The summed E-state index contributed by atoms with van der Waals surface area (Å²) >= 11 is 0. The molecule has 3 aliphatic carbocycles. The monoisotopic (exact) mass is 258 g/mol. The van der Waals surface area contributed by atoms with Gasteiger partial charge in [-0.2, -0.15) is 0 Å². The van der Waals surface area contributed by atoms with Crippen molar-refractivity contribution in [3.8, 4) is 0 Å². The molecule has 0 aromatic heterocycles. The van der Waals surface area contributed by atoms with E-state index >= 15 is 0 Å². The van der Waals surface area contributed by atoms with Crippen molar-refractivity contribution in [3.05, 3.63) is 24.3 Å². The van der Waals surface area contributed by atoms with Gasteiger partial charge in [-0.25, -0.2) is 0 Å². The van der Waals surface area contributed by atoms with Crippen molar-refractivity contribution in [2.45, 2.75) is 83.5 Å². The highest BCUT2D eigenvalue weighted by Crippen LogP contribution is 2.58. The second-order valence-corrected chi connectivity index (χ2v) is 7.54. The maximum Gasteiger partial charge on any atom is -0.00901 e. The summed E-state index contributed by atoms with van der Waals surface area (Å²) in [5.41, 5.74) is 4.36. The molecule has 0 saturated heterocycles. The van der Waals surface area contributed by atoms with Crippen molar-refractivity contribution in [1.82, 2.24) is 0 Å². The van der Waals surface area contributed by atoms with Crippen LogP contribution >= 0.6 is 0 Å². The highest BCUT2D eigenvalue weighted by atomic mass is 14.5. The van der Waals surface area contributed by atoms with Gasteiger partial charge in [0, 0.05) is 0 Å². The Balaban J connectivity index is 1.59. The number of allylic oxidation sites excluding steroid dienone is 2. The van der Waals surface area contributed by atoms with Crippen molar-refractivity contribution in [3.63, 3.8) is 0 Å². The largest absolute Gasteiger partial charge is 0.0993 e. The lowest BCUT2D eigenvalue weighted by molar-refractivity contribution is 0.454. The van der Waals surface area contributed by atoms with E-state index in [4.69, 9.17) is 0 Å². The van der Waals surface area contributed by atoms with Crippen LogP contribution in [0.3, 0.4) is 0 Å². The van der Waals surface area contributed by atoms with Crippen LogP contribution in [0.15, 0.2) is 24.3 Å². The lowest BCUT2D eigenvalue weighted by Gasteiger charge is -2.18. The van der Waals surface area contributed by atoms with Gasteiger partial charge in [0.25, 0.3) is 0 Å². The van der Waals surface area contributed by atoms with Gasteiger partial charge < -0.3 is 0 Å². The fourth-order valence-corrected chi connectivity index (χ4v) is 4.17. The van der Waals surface area contributed by atoms with Gasteiger partial charge in [0.05, 0.1) is 0 Å². The Bertz CT molecular complexity index is 329. The third-order valence-corrected chi connectivity index (χ3v) is 6.22. The van der Waals surface area contributed by atoms with Gasteiger partial charge in [0.15, 0.2) is 0 Å². The standard InChI is InChI=1S/C19H30/c1-16-8-4-5-9-17(2)19(14-15-19)11-7-3-6-10-18(16)12-13-18/h1-15H2. The van der Waals surface area contributed by atoms with Gasteiger partial charge in [-0.3, -0.25) is 0 Å². The first kappa shape index (κ1) is 13.5. The summed E-state index contributed by atoms with van der Waals surface area (Å²) in [4.78, 5) is 0. The van der Waals surface area contributed by atoms with Crippen LogP contribution < -0.4 is 0 Å². The average Bonchev–Trinajstić information content (AvgIpc) is 3.27. The minimum Gasteiger partial charge on any atom is -0.0993 e. The lowest BCUT2D eigenvalue weighted by atomic mass is 9.87. The van der Waals surface area contributed by atoms with Crippen molar-refractivity contribution < 1.29 is 0 Å². The van der Waals surface area contributed by atoms with Crippen LogP contribution in [-0.2, 0) is 0 Å². The van der Waals surface area contributed by atoms with Crippen molar-refractivity contribution in [2.24, 2.45) is 10.8 Å². The molecule has 2 spiro atoms. The fourth-order valence-electron chi connectivity index (χ4n) is 4.17. The molecule has 0 atom stereocenters. The molecule has 0 heterocycles. The maximum absolute atomic E-state index is 4.42. The highest BCUT2D eigenvalue weighted by Gasteiger charge is 2.45. The summed E-state index contributed by atoms with van der Waals surface area (Å²) in [6.07, 6.45) is 18.1. The Labute approximate surface area is 119 Å². The van der Waals surface area contributed by atoms with E-state index in [9.17, 15) is 0 Å². The van der Waals surface area contributed by atoms with Crippen LogP contribution in [0.5, 0.6) is 0 Å². The summed E-state index contributed by atoms with van der Waals surface area (Å²) in [6.45, 7) is 8.84. The van der Waals surface area contributed by atoms with Gasteiger partial charge in [-0.05, 0) is 75.0 Å². The molecule has 3 saturated carbocycles. The predicted molar refractivity (Wildman–Crippen MR) is 83.2 cm³/mol. The average molecular weight is 258 g/mol. The van der Waals surface area contributed by atoms with E-state index in [1.54, 1.807) is 11.1 Å². The van der Waals surface area contributed by atoms with Crippen molar-refractivity contribution >= 4 is 0 Å². The number of hydrogen-bond donors (Lipinski definition) is 0. The predicted octanol–water partition coefficient (Wildman–Crippen LogP) is 6.18. The summed E-state index contributed by atoms with van der Waals surface area (Å²) in [5, 5.41) is 0. The first-order valence-corrected chi connectivity index (χ1v) is 8.54. The minimum atomic E-state index is 0.600. The molecule has 0 radical (unpaired) electrons. The topological polar surface area (TPSA) is 0 Å². The van der Waals surface area contributed by atoms with E-state index in [1.165, 1.54) is 83.5 Å². The quantitative estimate of drug-likeness (QED) is 0.455. The summed E-state index contributed by atoms with van der Waals surface area (Å²) in [6, 6.07) is 0. The molecule has 0 aliphatic heterocycles. The Hall–Kier alpha value is -0.520. The van der Waals surface area contributed by atoms with Crippen LogP contribution in [0.25, 0.3) is 0 Å². The smallest absolute Gasteiger partial charge is 0.00901 e. The second kappa shape index (κ2) is 5.11. The fraction of sp³-hybridized carbons (Fsp3) is 0.789. The van der Waals surface area contributed by atoms with Crippen molar-refractivity contribution in [1.29, 1.82) is 0 Å². The summed E-state index contributed by atoms with van der Waals surface area (Å²) < 4.78 is 0. The molecule has 3 rings (SSSR count). The van der Waals surface area contributed by atoms with Crippen molar-refractivity contribution in [2.75, 3.05) is 0 Å². The highest BCUT2D eigenvalue weighted by molar-refractivity contribution is 5.20. The molecule has 0 aromatic carbocycles. The Kier molecular flexibility index (Phi) is 3.62. The van der Waals surface area contributed by atoms with Gasteiger partial charge >= 0.3 is 0 Å². The summed E-state index contributed by atoms with van der Waals surface area (Å²) in [5.74, 6) is 0. The van der Waals surface area contributed by atoms with Gasteiger partial charge in [-0.1, -0.05) is 43.6 Å². The minimum absolute atomic E-state index is 0.600. The molecule has 3 aliphatic rings. The molecule has 0 nitrogen and oxygen atoms in total. The molecule has 106 valence electrons. The molecular formula is C19H30. The van der Waals surface area contributed by atoms with Crippen LogP contribution in [0.4, 0.5) is 0 Å². The van der Waals surface area contributed by atoms with Gasteiger partial charge in [0.2, 0.25) is 0 Å². The molecule has 0 N–H and O–H groups in total. The Morgan fingerprint density at radius 1 is 0.526 bits per heavy atom. The van der Waals surface area contributed by atoms with E-state index in [2.05, 4.69) is 13.2 Å². The van der Waals surface area contributed by atoms with Gasteiger partial charge in [-0.15, -0.1) is 0 Å². The third kappa shape index (κ3) is 2.83. The molecule has 0 bridgehead atoms. The van der Waals surface area contributed by atoms with E-state index in [0.717, 1.165) is 0 Å². The zero-order chi connectivity index (χ0) is 13.3. The molecule has 3 fully saturated rings. The molecule has 0 heteroatoms. The molecule has 0 unspecified atom stereocenters. The molecule has 0 amide bonds. The lowest BCUT2D eigenvalue weighted by Crippen LogP contribution is -2.04. The Morgan fingerprint density at radius 3 is 1.32 bits per heavy atom. The molecule has 0 aromatic rings. The number of hydrogen-bond acceptors (Lipinski definition) is 0. The van der Waals surface area contributed by atoms with Gasteiger partial charge in [0.1, 0.15) is 0 Å². The van der Waals surface area contributed by atoms with E-state index in [0.29, 0.717) is 10.8 Å². The third-order valence-electron chi connectivity index (χ3n) is 6.22. The summed E-state index contributed by atoms with van der Waals surface area (Å²) in [7, 11) is 0. The molecule has 19 heavy (non-hydrogen) atoms.